The molecule has 1 aromatic heterocycles. The van der Waals surface area contributed by atoms with E-state index in [1.807, 2.05) is 11.9 Å². The summed E-state index contributed by atoms with van der Waals surface area (Å²) >= 11 is 2.95. The molecule has 1 rings (SSSR count). The monoisotopic (exact) mass is 361 g/mol. The van der Waals surface area contributed by atoms with E-state index in [-0.39, 0.29) is 11.0 Å². The topological polar surface area (TPSA) is 121 Å². The Hall–Kier alpha value is -1.90. The largest absolute Gasteiger partial charge is 0.480 e. The maximum Gasteiger partial charge on any atom is 0.328 e. The molecule has 0 saturated heterocycles. The van der Waals surface area contributed by atoms with Crippen molar-refractivity contribution in [3.63, 3.8) is 0 Å². The van der Waals surface area contributed by atoms with Crippen molar-refractivity contribution in [2.75, 3.05) is 0 Å². The van der Waals surface area contributed by atoms with Crippen LogP contribution in [-0.2, 0) is 16.1 Å². The van der Waals surface area contributed by atoms with Gasteiger partial charge in [-0.3, -0.25) is 19.1 Å². The van der Waals surface area contributed by atoms with Gasteiger partial charge < -0.3 is 10.4 Å². The Bertz CT molecular complexity index is 637. The number of aromatic nitrogens is 2. The number of carbonyl (C=O) groups excluding carboxylic acids is 1. The van der Waals surface area contributed by atoms with Crippen LogP contribution in [-0.4, -0.2) is 32.6 Å². The maximum atomic E-state index is 11.8. The summed E-state index contributed by atoms with van der Waals surface area (Å²) < 4.78 is 1.09. The average Bonchev–Trinajstić information content (AvgIpc) is 2.40. The molecule has 0 unspecified atom stereocenters. The van der Waals surface area contributed by atoms with E-state index in [2.05, 4.69) is 21.2 Å². The van der Waals surface area contributed by atoms with Gasteiger partial charge in [0.25, 0.3) is 5.56 Å². The number of nitrogens with one attached hydrogen (secondary N) is 2. The molecule has 0 fully saturated rings. The second kappa shape index (κ2) is 7.77. The SMILES string of the molecule is CCCC[C@H](NC(=O)Cn1cc(Br)c(=O)[nH]c1=O)C(=O)O. The molecule has 0 aliphatic rings. The third kappa shape index (κ3) is 5.18. The molecule has 0 aromatic carbocycles. The average molecular weight is 362 g/mol. The third-order valence-electron chi connectivity index (χ3n) is 2.76. The van der Waals surface area contributed by atoms with Crippen molar-refractivity contribution in [2.24, 2.45) is 0 Å². The van der Waals surface area contributed by atoms with Gasteiger partial charge in [-0.05, 0) is 22.4 Å². The lowest BCUT2D eigenvalue weighted by molar-refractivity contribution is -0.142. The van der Waals surface area contributed by atoms with Gasteiger partial charge in [0.1, 0.15) is 12.6 Å². The van der Waals surface area contributed by atoms with Crippen molar-refractivity contribution in [3.05, 3.63) is 31.5 Å². The highest BCUT2D eigenvalue weighted by atomic mass is 79.9. The fraction of sp³-hybridized carbons (Fsp3) is 0.500. The number of hydrogen-bond acceptors (Lipinski definition) is 4. The maximum absolute atomic E-state index is 11.8. The molecule has 1 heterocycles. The van der Waals surface area contributed by atoms with Gasteiger partial charge in [0.2, 0.25) is 5.91 Å². The highest BCUT2D eigenvalue weighted by molar-refractivity contribution is 9.10. The molecule has 3 N–H and O–H groups in total. The molecule has 0 saturated carbocycles. The number of hydrogen-bond donors (Lipinski definition) is 3. The molecule has 0 aliphatic carbocycles. The van der Waals surface area contributed by atoms with Crippen molar-refractivity contribution in [1.29, 1.82) is 0 Å². The van der Waals surface area contributed by atoms with E-state index >= 15 is 0 Å². The molecule has 1 aromatic rings. The molecular formula is C12H16BrN3O5. The number of carbonyl (C=O) groups is 2. The highest BCUT2D eigenvalue weighted by Gasteiger charge is 2.19. The molecule has 9 heteroatoms. The van der Waals surface area contributed by atoms with E-state index in [0.717, 1.165) is 11.0 Å². The van der Waals surface area contributed by atoms with E-state index in [0.29, 0.717) is 12.8 Å². The van der Waals surface area contributed by atoms with Crippen molar-refractivity contribution in [3.8, 4) is 0 Å². The summed E-state index contributed by atoms with van der Waals surface area (Å²) in [6.45, 7) is 1.54. The van der Waals surface area contributed by atoms with Crippen LogP contribution in [0.2, 0.25) is 0 Å². The van der Waals surface area contributed by atoms with Gasteiger partial charge in [-0.1, -0.05) is 19.8 Å². The number of carboxylic acids is 1. The Kier molecular flexibility index (Phi) is 6.35. The zero-order valence-corrected chi connectivity index (χ0v) is 13.0. The van der Waals surface area contributed by atoms with Gasteiger partial charge in [-0.15, -0.1) is 0 Å². The lowest BCUT2D eigenvalue weighted by Gasteiger charge is -2.14. The Labute approximate surface area is 128 Å². The minimum atomic E-state index is -1.12. The summed E-state index contributed by atoms with van der Waals surface area (Å²) in [4.78, 5) is 47.5. The highest BCUT2D eigenvalue weighted by Crippen LogP contribution is 2.01. The number of aliphatic carboxylic acids is 1. The minimum Gasteiger partial charge on any atom is -0.480 e. The van der Waals surface area contributed by atoms with E-state index in [1.165, 1.54) is 6.20 Å². The van der Waals surface area contributed by atoms with E-state index in [1.54, 1.807) is 0 Å². The summed E-state index contributed by atoms with van der Waals surface area (Å²) in [6.07, 6.45) is 2.98. The van der Waals surface area contributed by atoms with Gasteiger partial charge >= 0.3 is 11.7 Å². The smallest absolute Gasteiger partial charge is 0.328 e. The number of halogens is 1. The van der Waals surface area contributed by atoms with Crippen molar-refractivity contribution in [2.45, 2.75) is 38.8 Å². The fourth-order valence-electron chi connectivity index (χ4n) is 1.66. The van der Waals surface area contributed by atoms with Crippen molar-refractivity contribution in [1.82, 2.24) is 14.9 Å². The van der Waals surface area contributed by atoms with Gasteiger partial charge in [-0.25, -0.2) is 9.59 Å². The van der Waals surface area contributed by atoms with Gasteiger partial charge in [0, 0.05) is 6.20 Å². The van der Waals surface area contributed by atoms with Gasteiger partial charge in [0.15, 0.2) is 0 Å². The summed E-state index contributed by atoms with van der Waals surface area (Å²) in [5.74, 6) is -1.73. The number of nitrogens with zero attached hydrogens (tertiary/aromatic N) is 1. The summed E-state index contributed by atoms with van der Waals surface area (Å²) in [5.41, 5.74) is -1.33. The fourth-order valence-corrected chi connectivity index (χ4v) is 2.01. The van der Waals surface area contributed by atoms with Crippen molar-refractivity contribution >= 4 is 27.8 Å². The van der Waals surface area contributed by atoms with E-state index < -0.39 is 29.2 Å². The van der Waals surface area contributed by atoms with Crippen LogP contribution in [0.25, 0.3) is 0 Å². The Morgan fingerprint density at radius 1 is 1.48 bits per heavy atom. The normalized spacial score (nSPS) is 11.9. The molecule has 8 nitrogen and oxygen atoms in total. The molecule has 1 atom stereocenters. The van der Waals surface area contributed by atoms with Crippen LogP contribution < -0.4 is 16.6 Å². The molecule has 0 radical (unpaired) electrons. The second-order valence-corrected chi connectivity index (χ2v) is 5.32. The summed E-state index contributed by atoms with van der Waals surface area (Å²) in [5, 5.41) is 11.4. The predicted molar refractivity (Wildman–Crippen MR) is 78.1 cm³/mol. The third-order valence-corrected chi connectivity index (χ3v) is 3.33. The zero-order valence-electron chi connectivity index (χ0n) is 11.4. The number of carboxylic acid groups (broad SMARTS) is 1. The zero-order chi connectivity index (χ0) is 16.0. The first kappa shape index (κ1) is 17.2. The van der Waals surface area contributed by atoms with Crippen molar-refractivity contribution < 1.29 is 14.7 Å². The van der Waals surface area contributed by atoms with Gasteiger partial charge in [-0.2, -0.15) is 0 Å². The number of H-pyrrole nitrogens is 1. The summed E-state index contributed by atoms with van der Waals surface area (Å²) in [6, 6.07) is -0.987. The van der Waals surface area contributed by atoms with Crippen LogP contribution in [0.5, 0.6) is 0 Å². The second-order valence-electron chi connectivity index (χ2n) is 4.46. The molecule has 1 amide bonds. The lowest BCUT2D eigenvalue weighted by atomic mass is 10.1. The van der Waals surface area contributed by atoms with E-state index in [4.69, 9.17) is 5.11 Å². The molecule has 0 aliphatic heterocycles. The lowest BCUT2D eigenvalue weighted by Crippen LogP contribution is -2.44. The number of aromatic amines is 1. The molecule has 0 bridgehead atoms. The molecule has 116 valence electrons. The van der Waals surface area contributed by atoms with Crippen LogP contribution in [0.1, 0.15) is 26.2 Å². The Morgan fingerprint density at radius 2 is 2.14 bits per heavy atom. The van der Waals surface area contributed by atoms with Crippen LogP contribution in [0, 0.1) is 0 Å². The Balaban J connectivity index is 2.77. The van der Waals surface area contributed by atoms with Crippen LogP contribution in [0.15, 0.2) is 20.3 Å². The predicted octanol–water partition coefficient (Wildman–Crippen LogP) is 0.0587. The van der Waals surface area contributed by atoms with Crippen LogP contribution in [0.3, 0.4) is 0 Å². The first-order valence-corrected chi connectivity index (χ1v) is 7.16. The summed E-state index contributed by atoms with van der Waals surface area (Å²) in [7, 11) is 0. The number of rotatable bonds is 7. The van der Waals surface area contributed by atoms with E-state index in [9.17, 15) is 19.2 Å². The Morgan fingerprint density at radius 3 is 2.71 bits per heavy atom. The molecule has 21 heavy (non-hydrogen) atoms. The van der Waals surface area contributed by atoms with Crippen LogP contribution in [0.4, 0.5) is 0 Å². The quantitative estimate of drug-likeness (QED) is 0.633. The molecular weight excluding hydrogens is 346 g/mol. The number of amides is 1. The van der Waals surface area contributed by atoms with Gasteiger partial charge in [0.05, 0.1) is 4.47 Å². The van der Waals surface area contributed by atoms with Crippen LogP contribution >= 0.6 is 15.9 Å². The first-order chi connectivity index (χ1) is 9.85. The standard InChI is InChI=1S/C12H16BrN3O5/c1-2-3-4-8(11(19)20)14-9(17)6-16-5-7(13)10(18)15-12(16)21/h5,8H,2-4,6H2,1H3,(H,14,17)(H,19,20)(H,15,18,21)/t8-/m0/s1. The number of unbranched alkanes of at least 4 members (excludes halogenated alkanes) is 1. The minimum absolute atomic E-state index is 0.107. The first-order valence-electron chi connectivity index (χ1n) is 6.36. The molecule has 0 spiro atoms.